The molecule has 0 radical (unpaired) electrons. The lowest BCUT2D eigenvalue weighted by molar-refractivity contribution is -0.151. The molecule has 2 heterocycles. The van der Waals surface area contributed by atoms with E-state index in [0.717, 1.165) is 49.2 Å². The van der Waals surface area contributed by atoms with Gasteiger partial charge in [0.05, 0.1) is 36.2 Å². The molecule has 2 aromatic heterocycles. The maximum absolute atomic E-state index is 16.0. The topological polar surface area (TPSA) is 118 Å². The van der Waals surface area contributed by atoms with E-state index >= 15 is 4.39 Å². The summed E-state index contributed by atoms with van der Waals surface area (Å²) in [5.41, 5.74) is -2.44. The third-order valence-electron chi connectivity index (χ3n) is 7.57. The van der Waals surface area contributed by atoms with Crippen LogP contribution in [0.5, 0.6) is 0 Å². The van der Waals surface area contributed by atoms with Crippen LogP contribution in [0.4, 0.5) is 26.3 Å². The van der Waals surface area contributed by atoms with E-state index in [1.165, 1.54) is 20.8 Å². The molecule has 0 spiro atoms. The number of carboxylic acid groups (broad SMARTS) is 1. The molecule has 0 saturated heterocycles. The predicted octanol–water partition coefficient (Wildman–Crippen LogP) is 7.24. The van der Waals surface area contributed by atoms with Gasteiger partial charge >= 0.3 is 12.1 Å². The van der Waals surface area contributed by atoms with Crippen LogP contribution in [-0.4, -0.2) is 48.6 Å². The Bertz CT molecular complexity index is 1610. The van der Waals surface area contributed by atoms with E-state index in [4.69, 9.17) is 4.42 Å². The lowest BCUT2D eigenvalue weighted by atomic mass is 9.90. The second kappa shape index (κ2) is 12.8. The van der Waals surface area contributed by atoms with Crippen LogP contribution in [0.1, 0.15) is 76.4 Å². The van der Waals surface area contributed by atoms with Crippen molar-refractivity contribution in [1.82, 2.24) is 19.9 Å². The van der Waals surface area contributed by atoms with E-state index in [-0.39, 0.29) is 39.6 Å². The van der Waals surface area contributed by atoms with Gasteiger partial charge in [0, 0.05) is 12.0 Å². The van der Waals surface area contributed by atoms with E-state index in [9.17, 15) is 36.1 Å². The number of rotatable bonds is 12. The maximum atomic E-state index is 16.0. The van der Waals surface area contributed by atoms with E-state index in [0.29, 0.717) is 12.1 Å². The summed E-state index contributed by atoms with van der Waals surface area (Å²) >= 11 is 0.892. The first-order valence-electron chi connectivity index (χ1n) is 13.8. The largest absolute Gasteiger partial charge is 0.481 e. The van der Waals surface area contributed by atoms with Crippen molar-refractivity contribution < 1.29 is 44.9 Å². The van der Waals surface area contributed by atoms with Gasteiger partial charge in [-0.3, -0.25) is 4.79 Å². The van der Waals surface area contributed by atoms with Gasteiger partial charge in [-0.15, -0.1) is 21.5 Å². The third kappa shape index (κ3) is 7.28. The molecule has 3 aromatic rings. The average Bonchev–Trinajstić information content (AvgIpc) is 3.68. The smallest absolute Gasteiger partial charge is 0.404 e. The number of benzene rings is 1. The summed E-state index contributed by atoms with van der Waals surface area (Å²) in [7, 11) is -4.21. The number of hydrogen-bond donors (Lipinski definition) is 2. The minimum atomic E-state index is -4.84. The highest BCUT2D eigenvalue weighted by Gasteiger charge is 2.41. The number of halogens is 6. The summed E-state index contributed by atoms with van der Waals surface area (Å²) in [5.74, 6) is 0.867. The fourth-order valence-electron chi connectivity index (χ4n) is 5.06. The first kappa shape index (κ1) is 33.9. The Morgan fingerprint density at radius 2 is 1.89 bits per heavy atom. The number of alkyl halides is 5. The first-order valence-corrected chi connectivity index (χ1v) is 16.4. The van der Waals surface area contributed by atoms with Crippen LogP contribution in [0.2, 0.25) is 0 Å². The Morgan fingerprint density at radius 3 is 2.45 bits per heavy atom. The zero-order valence-electron chi connectivity index (χ0n) is 24.1. The molecule has 2 N–H and O–H groups in total. The van der Waals surface area contributed by atoms with Crippen molar-refractivity contribution in [1.29, 1.82) is 0 Å². The van der Waals surface area contributed by atoms with E-state index in [1.807, 2.05) is 4.72 Å². The van der Waals surface area contributed by atoms with Crippen molar-refractivity contribution in [2.75, 3.05) is 0 Å². The molecule has 16 heteroatoms. The predicted molar refractivity (Wildman–Crippen MR) is 153 cm³/mol. The monoisotopic (exact) mass is 666 g/mol. The molecular formula is C28H32F6N4O4S2. The van der Waals surface area contributed by atoms with E-state index in [2.05, 4.69) is 21.1 Å². The molecule has 0 bridgehead atoms. The number of aromatic nitrogens is 3. The quantitative estimate of drug-likeness (QED) is 0.155. The molecule has 44 heavy (non-hydrogen) atoms. The summed E-state index contributed by atoms with van der Waals surface area (Å²) in [6.07, 6.45) is -4.86. The molecule has 1 aliphatic rings. The van der Waals surface area contributed by atoms with Crippen LogP contribution in [0.25, 0.3) is 21.3 Å². The standard InChI is InChI=1S/C28H32F6N4O4S2/c1-5-18(28(32,33)34)38-44(4,41)17-11-10-15(21(29)20(17)23(30)31)22-16(12-14-8-6-7-9-14)35-25(43-22)24-37-36-19(42-24)13-27(2,3)26(39)40/h10-11,14,18,23H,4-9,12-13H2,1-3H3,(H,38,41)(H,39,40)/t18-,44?/m0/s1. The van der Waals surface area contributed by atoms with Crippen LogP contribution >= 0.6 is 11.3 Å². The van der Waals surface area contributed by atoms with Crippen LogP contribution in [0, 0.1) is 17.2 Å². The molecule has 242 valence electrons. The molecule has 1 aliphatic carbocycles. The zero-order valence-corrected chi connectivity index (χ0v) is 25.8. The second-order valence-electron chi connectivity index (χ2n) is 11.5. The number of nitrogens with zero attached hydrogens (tertiary/aromatic N) is 3. The Morgan fingerprint density at radius 1 is 1.23 bits per heavy atom. The molecule has 1 saturated carbocycles. The number of nitrogens with one attached hydrogen (secondary N) is 1. The highest BCUT2D eigenvalue weighted by atomic mass is 32.2. The van der Waals surface area contributed by atoms with Crippen LogP contribution < -0.4 is 4.72 Å². The molecule has 1 unspecified atom stereocenters. The number of hydrogen-bond acceptors (Lipinski definition) is 7. The van der Waals surface area contributed by atoms with Gasteiger partial charge < -0.3 is 9.52 Å². The van der Waals surface area contributed by atoms with Crippen molar-refractivity contribution in [2.24, 2.45) is 11.3 Å². The minimum Gasteiger partial charge on any atom is -0.481 e. The molecule has 2 atom stereocenters. The van der Waals surface area contributed by atoms with Crippen molar-refractivity contribution in [3.05, 3.63) is 35.1 Å². The fraction of sp³-hybridized carbons (Fsp3) is 0.536. The number of thiazole rings is 1. The normalized spacial score (nSPS) is 16.9. The Kier molecular flexibility index (Phi) is 9.86. The SMILES string of the molecule is C=S(=O)(N[C@@H](CC)C(F)(F)F)c1ccc(-c2sc(-c3nnc(CC(C)(C)C(=O)O)o3)nc2CC2CCCC2)c(F)c1C(F)F. The minimum absolute atomic E-state index is 0.0268. The molecular weight excluding hydrogens is 634 g/mol. The summed E-state index contributed by atoms with van der Waals surface area (Å²) < 4.78 is 106. The Balaban J connectivity index is 1.79. The van der Waals surface area contributed by atoms with Gasteiger partial charge in [0.1, 0.15) is 11.9 Å². The van der Waals surface area contributed by atoms with Gasteiger partial charge in [0.25, 0.3) is 12.3 Å². The Labute approximate surface area is 254 Å². The van der Waals surface area contributed by atoms with Crippen molar-refractivity contribution >= 4 is 32.9 Å². The lowest BCUT2D eigenvalue weighted by Gasteiger charge is -2.24. The van der Waals surface area contributed by atoms with Gasteiger partial charge in [-0.1, -0.05) is 32.6 Å². The number of carbonyl (C=O) groups is 1. The van der Waals surface area contributed by atoms with Gasteiger partial charge in [-0.25, -0.2) is 27.1 Å². The maximum Gasteiger partial charge on any atom is 0.404 e. The van der Waals surface area contributed by atoms with Crippen molar-refractivity contribution in [3.8, 4) is 21.3 Å². The highest BCUT2D eigenvalue weighted by molar-refractivity contribution is 7.98. The number of aliphatic carboxylic acids is 1. The van der Waals surface area contributed by atoms with Gasteiger partial charge in [0.15, 0.2) is 5.01 Å². The summed E-state index contributed by atoms with van der Waals surface area (Å²) in [6.45, 7) is 4.14. The Hall–Kier alpha value is -2.98. The molecule has 1 aromatic carbocycles. The van der Waals surface area contributed by atoms with Gasteiger partial charge in [-0.05, 0) is 50.6 Å². The number of carboxylic acids is 1. The zero-order chi connectivity index (χ0) is 32.6. The molecule has 0 aliphatic heterocycles. The average molecular weight is 667 g/mol. The van der Waals surface area contributed by atoms with E-state index in [1.54, 1.807) is 0 Å². The van der Waals surface area contributed by atoms with Gasteiger partial charge in [-0.2, -0.15) is 13.2 Å². The van der Waals surface area contributed by atoms with Crippen LogP contribution in [0.3, 0.4) is 0 Å². The summed E-state index contributed by atoms with van der Waals surface area (Å²) in [4.78, 5) is 15.4. The van der Waals surface area contributed by atoms with E-state index < -0.39 is 62.4 Å². The second-order valence-corrected chi connectivity index (χ2v) is 14.5. The lowest BCUT2D eigenvalue weighted by Crippen LogP contribution is -2.45. The van der Waals surface area contributed by atoms with Crippen molar-refractivity contribution in [3.63, 3.8) is 0 Å². The molecule has 8 nitrogen and oxygen atoms in total. The summed E-state index contributed by atoms with van der Waals surface area (Å²) in [6, 6.07) is -0.326. The highest BCUT2D eigenvalue weighted by Crippen LogP contribution is 2.43. The van der Waals surface area contributed by atoms with Gasteiger partial charge in [0.2, 0.25) is 5.89 Å². The fourth-order valence-corrected chi connectivity index (χ4v) is 7.80. The third-order valence-corrected chi connectivity index (χ3v) is 10.4. The molecule has 1 fully saturated rings. The molecule has 0 amide bonds. The van der Waals surface area contributed by atoms with Crippen LogP contribution in [0.15, 0.2) is 21.4 Å². The van der Waals surface area contributed by atoms with Crippen molar-refractivity contribution in [2.45, 2.75) is 89.3 Å². The van der Waals surface area contributed by atoms with Crippen LogP contribution in [-0.2, 0) is 27.3 Å². The first-order chi connectivity index (χ1) is 20.4. The summed E-state index contributed by atoms with van der Waals surface area (Å²) in [5, 5.41) is 17.4. The molecule has 4 rings (SSSR count).